The van der Waals surface area contributed by atoms with Gasteiger partial charge in [0.2, 0.25) is 0 Å². The van der Waals surface area contributed by atoms with Crippen molar-refractivity contribution in [3.8, 4) is 0 Å². The average molecular weight is 232 g/mol. The normalized spacial score (nSPS) is 10.6. The summed E-state index contributed by atoms with van der Waals surface area (Å²) in [7, 11) is 0. The van der Waals surface area contributed by atoms with Gasteiger partial charge in [0.05, 0.1) is 10.0 Å². The topological polar surface area (TPSA) is 26.0 Å². The van der Waals surface area contributed by atoms with Crippen LogP contribution in [0.5, 0.6) is 0 Å². The third-order valence-electron chi connectivity index (χ3n) is 2.19. The fraction of sp³-hybridized carbons (Fsp3) is 0.455. The summed E-state index contributed by atoms with van der Waals surface area (Å²) < 4.78 is 0. The summed E-state index contributed by atoms with van der Waals surface area (Å²) >= 11 is 11.9. The van der Waals surface area contributed by atoms with Crippen molar-refractivity contribution in [3.63, 3.8) is 0 Å². The van der Waals surface area contributed by atoms with Gasteiger partial charge in [-0.2, -0.15) is 0 Å². The lowest BCUT2D eigenvalue weighted by Crippen LogP contribution is -1.99. The van der Waals surface area contributed by atoms with Crippen LogP contribution in [-0.4, -0.2) is 6.54 Å². The molecule has 0 amide bonds. The lowest BCUT2D eigenvalue weighted by atomic mass is 10.1. The van der Waals surface area contributed by atoms with Crippen molar-refractivity contribution in [2.75, 3.05) is 6.54 Å². The van der Waals surface area contributed by atoms with Crippen LogP contribution in [0.25, 0.3) is 0 Å². The molecule has 0 aliphatic rings. The van der Waals surface area contributed by atoms with Crippen LogP contribution in [0.2, 0.25) is 10.0 Å². The minimum atomic E-state index is 0.648. The van der Waals surface area contributed by atoms with E-state index in [-0.39, 0.29) is 0 Å². The molecule has 78 valence electrons. The highest BCUT2D eigenvalue weighted by atomic mass is 35.5. The number of hydrogen-bond donors (Lipinski definition) is 1. The molecule has 1 aromatic carbocycles. The molecule has 0 fully saturated rings. The first-order valence-electron chi connectivity index (χ1n) is 4.79. The smallest absolute Gasteiger partial charge is 0.0621 e. The van der Waals surface area contributed by atoms with Crippen molar-refractivity contribution < 1.29 is 0 Å². The van der Waals surface area contributed by atoms with Crippen molar-refractivity contribution in [1.29, 1.82) is 0 Å². The van der Waals surface area contributed by atoms with Gasteiger partial charge >= 0.3 is 0 Å². The van der Waals surface area contributed by atoms with Gasteiger partial charge in [-0.3, -0.25) is 0 Å². The van der Waals surface area contributed by atoms with Gasteiger partial charge in [-0.05, 0) is 49.9 Å². The molecule has 0 heterocycles. The molecule has 3 heteroatoms. The summed E-state index contributed by atoms with van der Waals surface area (Å²) in [5, 5.41) is 1.31. The van der Waals surface area contributed by atoms with Crippen LogP contribution in [0.4, 0.5) is 0 Å². The Bertz CT molecular complexity index is 287. The van der Waals surface area contributed by atoms with E-state index in [0.29, 0.717) is 10.0 Å². The second kappa shape index (κ2) is 5.59. The molecule has 0 atom stereocenters. The van der Waals surface area contributed by atoms with Crippen LogP contribution in [0.15, 0.2) is 12.1 Å². The van der Waals surface area contributed by atoms with Crippen LogP contribution in [0.3, 0.4) is 0 Å². The Morgan fingerprint density at radius 1 is 1.21 bits per heavy atom. The van der Waals surface area contributed by atoms with E-state index >= 15 is 0 Å². The lowest BCUT2D eigenvalue weighted by molar-refractivity contribution is 0.744. The predicted octanol–water partition coefficient (Wildman–Crippen LogP) is 3.58. The molecular formula is C11H15Cl2N. The molecule has 1 nitrogen and oxygen atoms in total. The van der Waals surface area contributed by atoms with Gasteiger partial charge in [0.25, 0.3) is 0 Å². The van der Waals surface area contributed by atoms with E-state index in [4.69, 9.17) is 28.9 Å². The fourth-order valence-corrected chi connectivity index (χ4v) is 1.81. The van der Waals surface area contributed by atoms with Crippen LogP contribution < -0.4 is 5.73 Å². The van der Waals surface area contributed by atoms with E-state index in [1.807, 2.05) is 13.0 Å². The van der Waals surface area contributed by atoms with E-state index in [9.17, 15) is 0 Å². The monoisotopic (exact) mass is 231 g/mol. The largest absolute Gasteiger partial charge is 0.330 e. The summed E-state index contributed by atoms with van der Waals surface area (Å²) in [6.07, 6.45) is 3.18. The first-order valence-corrected chi connectivity index (χ1v) is 5.55. The Hall–Kier alpha value is -0.240. The summed E-state index contributed by atoms with van der Waals surface area (Å²) in [4.78, 5) is 0. The first kappa shape index (κ1) is 11.8. The molecule has 0 aliphatic carbocycles. The molecule has 0 radical (unpaired) electrons. The third kappa shape index (κ3) is 3.16. The Morgan fingerprint density at radius 2 is 1.93 bits per heavy atom. The molecule has 1 aromatic rings. The third-order valence-corrected chi connectivity index (χ3v) is 3.09. The van der Waals surface area contributed by atoms with E-state index in [2.05, 4.69) is 6.07 Å². The van der Waals surface area contributed by atoms with Gasteiger partial charge in [0, 0.05) is 0 Å². The van der Waals surface area contributed by atoms with E-state index < -0.39 is 0 Å². The van der Waals surface area contributed by atoms with Crippen molar-refractivity contribution in [2.45, 2.75) is 26.2 Å². The molecule has 0 spiro atoms. The van der Waals surface area contributed by atoms with Crippen molar-refractivity contribution >= 4 is 23.2 Å². The van der Waals surface area contributed by atoms with Crippen LogP contribution in [-0.2, 0) is 6.42 Å². The van der Waals surface area contributed by atoms with Crippen molar-refractivity contribution in [2.24, 2.45) is 5.73 Å². The second-order valence-electron chi connectivity index (χ2n) is 3.45. The minimum absolute atomic E-state index is 0.648. The standard InChI is InChI=1S/C11H15Cl2N/c1-8-6-9(4-2-3-5-14)7-10(12)11(8)13/h6-7H,2-5,14H2,1H3. The van der Waals surface area contributed by atoms with Crippen molar-refractivity contribution in [1.82, 2.24) is 0 Å². The van der Waals surface area contributed by atoms with Gasteiger partial charge in [-0.15, -0.1) is 0 Å². The number of unbranched alkanes of at least 4 members (excludes halogenated alkanes) is 1. The average Bonchev–Trinajstić information content (AvgIpc) is 2.14. The molecule has 0 aliphatic heterocycles. The van der Waals surface area contributed by atoms with Crippen LogP contribution in [0, 0.1) is 6.92 Å². The van der Waals surface area contributed by atoms with Gasteiger partial charge in [0.15, 0.2) is 0 Å². The highest BCUT2D eigenvalue weighted by Gasteiger charge is 2.03. The van der Waals surface area contributed by atoms with Crippen LogP contribution >= 0.6 is 23.2 Å². The maximum atomic E-state index is 5.98. The zero-order valence-electron chi connectivity index (χ0n) is 8.32. The summed E-state index contributed by atoms with van der Waals surface area (Å²) in [6, 6.07) is 4.03. The molecule has 1 rings (SSSR count). The second-order valence-corrected chi connectivity index (χ2v) is 4.24. The van der Waals surface area contributed by atoms with Gasteiger partial charge in [-0.25, -0.2) is 0 Å². The fourth-order valence-electron chi connectivity index (χ4n) is 1.42. The SMILES string of the molecule is Cc1cc(CCCCN)cc(Cl)c1Cl. The highest BCUT2D eigenvalue weighted by molar-refractivity contribution is 6.42. The molecule has 0 aromatic heterocycles. The van der Waals surface area contributed by atoms with E-state index in [1.54, 1.807) is 0 Å². The van der Waals surface area contributed by atoms with Crippen LogP contribution in [0.1, 0.15) is 24.0 Å². The number of halogens is 2. The molecule has 0 saturated carbocycles. The summed E-state index contributed by atoms with van der Waals surface area (Å²) in [6.45, 7) is 2.72. The van der Waals surface area contributed by atoms with E-state index in [0.717, 1.165) is 31.4 Å². The number of nitrogens with two attached hydrogens (primary N) is 1. The first-order chi connectivity index (χ1) is 6.65. The maximum Gasteiger partial charge on any atom is 0.0621 e. The Kier molecular flexibility index (Phi) is 4.73. The molecule has 0 unspecified atom stereocenters. The zero-order valence-corrected chi connectivity index (χ0v) is 9.83. The Balaban J connectivity index is 2.69. The number of rotatable bonds is 4. The predicted molar refractivity (Wildman–Crippen MR) is 63.2 cm³/mol. The molecule has 0 bridgehead atoms. The zero-order chi connectivity index (χ0) is 10.6. The molecular weight excluding hydrogens is 217 g/mol. The lowest BCUT2D eigenvalue weighted by Gasteiger charge is -2.06. The van der Waals surface area contributed by atoms with Gasteiger partial charge in [0.1, 0.15) is 0 Å². The van der Waals surface area contributed by atoms with Crippen molar-refractivity contribution in [3.05, 3.63) is 33.3 Å². The summed E-state index contributed by atoms with van der Waals surface area (Å²) in [5.74, 6) is 0. The molecule has 0 saturated heterocycles. The quantitative estimate of drug-likeness (QED) is 0.789. The number of hydrogen-bond acceptors (Lipinski definition) is 1. The molecule has 2 N–H and O–H groups in total. The van der Waals surface area contributed by atoms with Gasteiger partial charge < -0.3 is 5.73 Å². The minimum Gasteiger partial charge on any atom is -0.330 e. The number of aryl methyl sites for hydroxylation is 2. The van der Waals surface area contributed by atoms with Gasteiger partial charge in [-0.1, -0.05) is 29.3 Å². The molecule has 14 heavy (non-hydrogen) atoms. The maximum absolute atomic E-state index is 5.98. The number of benzene rings is 1. The Morgan fingerprint density at radius 3 is 2.50 bits per heavy atom. The highest BCUT2D eigenvalue weighted by Crippen LogP contribution is 2.27. The Labute approximate surface area is 95.2 Å². The summed E-state index contributed by atoms with van der Waals surface area (Å²) in [5.41, 5.74) is 7.71. The van der Waals surface area contributed by atoms with E-state index in [1.165, 1.54) is 5.56 Å².